The van der Waals surface area contributed by atoms with Gasteiger partial charge in [0.15, 0.2) is 0 Å². The summed E-state index contributed by atoms with van der Waals surface area (Å²) in [5.41, 5.74) is 1.08. The van der Waals surface area contributed by atoms with E-state index in [1.165, 1.54) is 10.0 Å². The molecule has 3 aromatic rings. The maximum absolute atomic E-state index is 12.3. The Bertz CT molecular complexity index is 792. The number of hydrogen-bond donors (Lipinski definition) is 0. The SMILES string of the molecule is O=C(c1ccccc1)c1cc(=O)n(-c2ccncc2)s1. The fraction of sp³-hybridized carbons (Fsp3) is 0. The molecular formula is C15H10N2O2S. The lowest BCUT2D eigenvalue weighted by Crippen LogP contribution is -2.09. The van der Waals surface area contributed by atoms with Crippen molar-refractivity contribution in [2.24, 2.45) is 0 Å². The van der Waals surface area contributed by atoms with Gasteiger partial charge in [-0.1, -0.05) is 30.3 Å². The molecule has 20 heavy (non-hydrogen) atoms. The molecule has 98 valence electrons. The Balaban J connectivity index is 2.02. The fourth-order valence-corrected chi connectivity index (χ4v) is 2.76. The first kappa shape index (κ1) is 12.5. The molecule has 1 aromatic carbocycles. The Morgan fingerprint density at radius 3 is 2.45 bits per heavy atom. The number of pyridine rings is 1. The second kappa shape index (κ2) is 5.22. The molecule has 2 aromatic heterocycles. The van der Waals surface area contributed by atoms with E-state index in [1.54, 1.807) is 48.8 Å². The maximum atomic E-state index is 12.3. The van der Waals surface area contributed by atoms with Gasteiger partial charge in [0.25, 0.3) is 5.56 Å². The molecule has 0 amide bonds. The Labute approximate surface area is 119 Å². The Morgan fingerprint density at radius 2 is 1.75 bits per heavy atom. The van der Waals surface area contributed by atoms with Crippen molar-refractivity contribution in [3.05, 3.63) is 81.7 Å². The van der Waals surface area contributed by atoms with Crippen LogP contribution >= 0.6 is 11.5 Å². The summed E-state index contributed by atoms with van der Waals surface area (Å²) in [6, 6.07) is 13.8. The number of ketones is 1. The number of benzene rings is 1. The normalized spacial score (nSPS) is 10.4. The number of carbonyl (C=O) groups excluding carboxylic acids is 1. The van der Waals surface area contributed by atoms with Crippen molar-refractivity contribution < 1.29 is 4.79 Å². The predicted molar refractivity (Wildman–Crippen MR) is 77.6 cm³/mol. The second-order valence-electron chi connectivity index (χ2n) is 4.13. The van der Waals surface area contributed by atoms with E-state index in [-0.39, 0.29) is 11.3 Å². The highest BCUT2D eigenvalue weighted by Gasteiger charge is 2.14. The lowest BCUT2D eigenvalue weighted by atomic mass is 10.1. The third-order valence-electron chi connectivity index (χ3n) is 2.80. The highest BCUT2D eigenvalue weighted by atomic mass is 32.1. The first-order chi connectivity index (χ1) is 9.75. The molecule has 0 unspecified atom stereocenters. The van der Waals surface area contributed by atoms with Gasteiger partial charge in [-0.25, -0.2) is 3.96 Å². The minimum atomic E-state index is -0.208. The van der Waals surface area contributed by atoms with E-state index < -0.39 is 0 Å². The van der Waals surface area contributed by atoms with E-state index in [9.17, 15) is 9.59 Å². The van der Waals surface area contributed by atoms with Gasteiger partial charge in [-0.3, -0.25) is 14.6 Å². The number of carbonyl (C=O) groups is 1. The zero-order valence-corrected chi connectivity index (χ0v) is 11.2. The van der Waals surface area contributed by atoms with E-state index in [0.717, 1.165) is 11.5 Å². The summed E-state index contributed by atoms with van der Waals surface area (Å²) >= 11 is 1.14. The highest BCUT2D eigenvalue weighted by Crippen LogP contribution is 2.16. The summed E-state index contributed by atoms with van der Waals surface area (Å²) in [4.78, 5) is 28.6. The monoisotopic (exact) mass is 282 g/mol. The van der Waals surface area contributed by atoms with Crippen molar-refractivity contribution in [3.63, 3.8) is 0 Å². The van der Waals surface area contributed by atoms with Crippen LogP contribution in [0.3, 0.4) is 0 Å². The third-order valence-corrected chi connectivity index (χ3v) is 3.87. The van der Waals surface area contributed by atoms with Crippen molar-refractivity contribution in [2.45, 2.75) is 0 Å². The quantitative estimate of drug-likeness (QED) is 0.694. The highest BCUT2D eigenvalue weighted by molar-refractivity contribution is 7.09. The van der Waals surface area contributed by atoms with Gasteiger partial charge in [0.1, 0.15) is 0 Å². The molecule has 0 radical (unpaired) electrons. The van der Waals surface area contributed by atoms with Crippen LogP contribution in [0.2, 0.25) is 0 Å². The minimum Gasteiger partial charge on any atom is -0.288 e. The smallest absolute Gasteiger partial charge is 0.266 e. The van der Waals surface area contributed by atoms with Crippen molar-refractivity contribution in [2.75, 3.05) is 0 Å². The van der Waals surface area contributed by atoms with Gasteiger partial charge in [0.2, 0.25) is 5.78 Å². The summed E-state index contributed by atoms with van der Waals surface area (Å²) in [5, 5.41) is 0. The lowest BCUT2D eigenvalue weighted by Gasteiger charge is -1.99. The van der Waals surface area contributed by atoms with Gasteiger partial charge < -0.3 is 0 Å². The van der Waals surface area contributed by atoms with Gasteiger partial charge in [0, 0.05) is 24.0 Å². The third kappa shape index (κ3) is 2.31. The van der Waals surface area contributed by atoms with E-state index in [4.69, 9.17) is 0 Å². The van der Waals surface area contributed by atoms with Gasteiger partial charge in [-0.15, -0.1) is 0 Å². The van der Waals surface area contributed by atoms with Crippen LogP contribution in [-0.2, 0) is 0 Å². The average molecular weight is 282 g/mol. The molecule has 2 heterocycles. The number of hydrogen-bond acceptors (Lipinski definition) is 4. The minimum absolute atomic E-state index is 0.138. The van der Waals surface area contributed by atoms with Crippen LogP contribution in [0.15, 0.2) is 65.7 Å². The molecule has 0 aliphatic rings. The van der Waals surface area contributed by atoms with Crippen molar-refractivity contribution in [1.82, 2.24) is 8.94 Å². The van der Waals surface area contributed by atoms with Gasteiger partial charge in [-0.2, -0.15) is 0 Å². The molecule has 0 saturated carbocycles. The van der Waals surface area contributed by atoms with Gasteiger partial charge >= 0.3 is 0 Å². The van der Waals surface area contributed by atoms with Crippen LogP contribution in [0, 0.1) is 0 Å². The topological polar surface area (TPSA) is 52.0 Å². The van der Waals surface area contributed by atoms with Crippen molar-refractivity contribution in [1.29, 1.82) is 0 Å². The zero-order chi connectivity index (χ0) is 13.9. The first-order valence-corrected chi connectivity index (χ1v) is 6.76. The number of nitrogens with zero attached hydrogens (tertiary/aromatic N) is 2. The van der Waals surface area contributed by atoms with E-state index in [2.05, 4.69) is 4.98 Å². The molecule has 0 bridgehead atoms. The van der Waals surface area contributed by atoms with Crippen LogP contribution < -0.4 is 5.56 Å². The van der Waals surface area contributed by atoms with Crippen molar-refractivity contribution >= 4 is 17.3 Å². The maximum Gasteiger partial charge on any atom is 0.266 e. The van der Waals surface area contributed by atoms with Crippen LogP contribution in [-0.4, -0.2) is 14.7 Å². The van der Waals surface area contributed by atoms with E-state index >= 15 is 0 Å². The van der Waals surface area contributed by atoms with E-state index in [0.29, 0.717) is 16.1 Å². The predicted octanol–water partition coefficient (Wildman–Crippen LogP) is 2.53. The first-order valence-electron chi connectivity index (χ1n) is 5.99. The summed E-state index contributed by atoms with van der Waals surface area (Å²) < 4.78 is 1.48. The molecule has 0 spiro atoms. The number of rotatable bonds is 3. The molecule has 0 aliphatic carbocycles. The summed E-state index contributed by atoms with van der Waals surface area (Å²) in [6.07, 6.45) is 3.22. The molecule has 3 rings (SSSR count). The molecule has 0 aliphatic heterocycles. The van der Waals surface area contributed by atoms with Crippen LogP contribution in [0.4, 0.5) is 0 Å². The number of aromatic nitrogens is 2. The summed E-state index contributed by atoms with van der Waals surface area (Å²) in [5.74, 6) is -0.138. The fourth-order valence-electron chi connectivity index (χ4n) is 1.84. The lowest BCUT2D eigenvalue weighted by molar-refractivity contribution is 0.104. The van der Waals surface area contributed by atoms with E-state index in [1.807, 2.05) is 6.07 Å². The Kier molecular flexibility index (Phi) is 3.26. The van der Waals surface area contributed by atoms with Gasteiger partial charge in [-0.05, 0) is 23.7 Å². The second-order valence-corrected chi connectivity index (χ2v) is 5.12. The Hall–Kier alpha value is -2.53. The molecular weight excluding hydrogens is 272 g/mol. The zero-order valence-electron chi connectivity index (χ0n) is 10.4. The molecule has 0 atom stereocenters. The van der Waals surface area contributed by atoms with Gasteiger partial charge in [0.05, 0.1) is 10.6 Å². The molecule has 0 N–H and O–H groups in total. The average Bonchev–Trinajstić information content (AvgIpc) is 2.90. The van der Waals surface area contributed by atoms with Crippen molar-refractivity contribution in [3.8, 4) is 5.69 Å². The summed E-state index contributed by atoms with van der Waals surface area (Å²) in [7, 11) is 0. The molecule has 0 saturated heterocycles. The standard InChI is InChI=1S/C15H10N2O2S/c18-14-10-13(15(19)11-4-2-1-3-5-11)20-17(14)12-6-8-16-9-7-12/h1-10H. The largest absolute Gasteiger partial charge is 0.288 e. The Morgan fingerprint density at radius 1 is 1.05 bits per heavy atom. The van der Waals surface area contributed by atoms with Crippen LogP contribution in [0.1, 0.15) is 15.2 Å². The molecule has 5 heteroatoms. The van der Waals surface area contributed by atoms with Crippen LogP contribution in [0.25, 0.3) is 5.69 Å². The summed E-state index contributed by atoms with van der Waals surface area (Å²) in [6.45, 7) is 0. The molecule has 4 nitrogen and oxygen atoms in total. The molecule has 0 fully saturated rings. The van der Waals surface area contributed by atoms with Crippen LogP contribution in [0.5, 0.6) is 0 Å².